The Morgan fingerprint density at radius 1 is 0.714 bits per heavy atom. The van der Waals surface area contributed by atoms with Crippen LogP contribution in [0, 0.1) is 0 Å². The summed E-state index contributed by atoms with van der Waals surface area (Å²) in [6, 6.07) is 21.8. The molecule has 4 rings (SSSR count). The van der Waals surface area contributed by atoms with Gasteiger partial charge in [-0.15, -0.1) is 0 Å². The van der Waals surface area contributed by atoms with E-state index >= 15 is 0 Å². The molecule has 0 fully saturated rings. The van der Waals surface area contributed by atoms with E-state index < -0.39 is 13.3 Å². The van der Waals surface area contributed by atoms with E-state index in [1.807, 2.05) is 12.3 Å². The van der Waals surface area contributed by atoms with Gasteiger partial charge in [0, 0.05) is 0 Å². The molecule has 2 aromatic carbocycles. The molecular weight excluding hydrogens is 315 g/mol. The van der Waals surface area contributed by atoms with E-state index in [4.69, 9.17) is 0 Å². The predicted octanol–water partition coefficient (Wildman–Crippen LogP) is 3.55. The third-order valence-electron chi connectivity index (χ3n) is 4.52. The molecule has 102 valence electrons. The van der Waals surface area contributed by atoms with Crippen LogP contribution < -0.4 is 8.79 Å². The summed E-state index contributed by atoms with van der Waals surface area (Å²) in [5.74, 6) is 4.99. The van der Waals surface area contributed by atoms with Crippen LogP contribution in [0.5, 0.6) is 0 Å². The fourth-order valence-electron chi connectivity index (χ4n) is 3.58. The van der Waals surface area contributed by atoms with Gasteiger partial charge >= 0.3 is 128 Å². The maximum absolute atomic E-state index is 4.58. The van der Waals surface area contributed by atoms with Crippen LogP contribution >= 0.6 is 0 Å². The number of hydrogen-bond acceptors (Lipinski definition) is 1. The van der Waals surface area contributed by atoms with Gasteiger partial charge in [-0.1, -0.05) is 0 Å². The zero-order chi connectivity index (χ0) is 14.4. The van der Waals surface area contributed by atoms with Crippen LogP contribution in [0.1, 0.15) is 0 Å². The van der Waals surface area contributed by atoms with Crippen LogP contribution in [0.25, 0.3) is 22.4 Å². The molecule has 2 heteroatoms. The van der Waals surface area contributed by atoms with E-state index in [1.165, 1.54) is 16.7 Å². The first kappa shape index (κ1) is 12.8. The summed E-state index contributed by atoms with van der Waals surface area (Å²) in [6.45, 7) is 0. The molecule has 0 N–H and O–H groups in total. The summed E-state index contributed by atoms with van der Waals surface area (Å²) < 4.78 is 3.17. The molecule has 2 heterocycles. The van der Waals surface area contributed by atoms with Crippen molar-refractivity contribution in [3.05, 3.63) is 66.9 Å². The molecule has 3 aromatic rings. The first-order chi connectivity index (χ1) is 10.2. The van der Waals surface area contributed by atoms with Crippen molar-refractivity contribution in [1.29, 1.82) is 0 Å². The number of aromatic nitrogens is 1. The molecule has 0 saturated carbocycles. The average molecular weight is 332 g/mol. The Kier molecular flexibility index (Phi) is 2.79. The van der Waals surface area contributed by atoms with E-state index in [9.17, 15) is 0 Å². The molecule has 0 aliphatic carbocycles. The molecule has 21 heavy (non-hydrogen) atoms. The first-order valence-corrected chi connectivity index (χ1v) is 13.6. The SMILES string of the molecule is [CH3][Ge]1([CH3])[c]2ccccc2-c2cccc(-c3ccccn3)[c]21. The van der Waals surface area contributed by atoms with Crippen LogP contribution in [0.3, 0.4) is 0 Å². The van der Waals surface area contributed by atoms with Crippen LogP contribution in [0.2, 0.25) is 11.5 Å². The van der Waals surface area contributed by atoms with Crippen molar-refractivity contribution in [1.82, 2.24) is 4.98 Å². The number of hydrogen-bond donors (Lipinski definition) is 0. The van der Waals surface area contributed by atoms with Gasteiger partial charge in [-0.05, 0) is 0 Å². The van der Waals surface area contributed by atoms with Crippen molar-refractivity contribution >= 4 is 22.1 Å². The molecule has 0 bridgehead atoms. The Bertz CT molecular complexity index is 822. The summed E-state index contributed by atoms with van der Waals surface area (Å²) in [7, 11) is 0. The Hall–Kier alpha value is -1.87. The Morgan fingerprint density at radius 3 is 2.24 bits per heavy atom. The standard InChI is InChI=1S/C19H17GeN/c1-20(2)17-11-4-3-8-14(17)15-9-7-10-16(19(15)20)18-12-5-6-13-21-18/h3-13H,1-2H3. The number of pyridine rings is 1. The van der Waals surface area contributed by atoms with Crippen molar-refractivity contribution in [3.63, 3.8) is 0 Å². The van der Waals surface area contributed by atoms with Crippen molar-refractivity contribution in [2.75, 3.05) is 0 Å². The van der Waals surface area contributed by atoms with Gasteiger partial charge in [-0.2, -0.15) is 0 Å². The van der Waals surface area contributed by atoms with E-state index in [0.29, 0.717) is 0 Å². The molecule has 1 aliphatic rings. The maximum atomic E-state index is 4.58. The second-order valence-corrected chi connectivity index (χ2v) is 15.1. The summed E-state index contributed by atoms with van der Waals surface area (Å²) in [5.41, 5.74) is 5.30. The van der Waals surface area contributed by atoms with Crippen molar-refractivity contribution < 1.29 is 0 Å². The first-order valence-electron chi connectivity index (χ1n) is 7.34. The van der Waals surface area contributed by atoms with Crippen LogP contribution in [-0.2, 0) is 0 Å². The summed E-state index contributed by atoms with van der Waals surface area (Å²) in [4.78, 5) is 4.58. The van der Waals surface area contributed by atoms with E-state index in [2.05, 4.69) is 71.1 Å². The molecule has 0 amide bonds. The van der Waals surface area contributed by atoms with Gasteiger partial charge < -0.3 is 0 Å². The fraction of sp³-hybridized carbons (Fsp3) is 0.105. The average Bonchev–Trinajstić information content (AvgIpc) is 2.77. The zero-order valence-electron chi connectivity index (χ0n) is 12.3. The van der Waals surface area contributed by atoms with Crippen molar-refractivity contribution in [3.8, 4) is 22.4 Å². The van der Waals surface area contributed by atoms with Crippen molar-refractivity contribution in [2.24, 2.45) is 0 Å². The molecule has 1 aliphatic heterocycles. The van der Waals surface area contributed by atoms with Crippen LogP contribution in [0.4, 0.5) is 0 Å². The Balaban J connectivity index is 2.06. The Morgan fingerprint density at radius 2 is 1.43 bits per heavy atom. The molecule has 1 aromatic heterocycles. The Labute approximate surface area is 128 Å². The minimum absolute atomic E-state index is 1.10. The van der Waals surface area contributed by atoms with Gasteiger partial charge in [0.15, 0.2) is 0 Å². The number of rotatable bonds is 1. The molecular formula is C19H17GeN. The second kappa shape index (κ2) is 4.57. The quantitative estimate of drug-likeness (QED) is 0.621. The number of fused-ring (bicyclic) bond motifs is 3. The van der Waals surface area contributed by atoms with Gasteiger partial charge in [-0.3, -0.25) is 0 Å². The van der Waals surface area contributed by atoms with Gasteiger partial charge in [0.2, 0.25) is 0 Å². The molecule has 1 nitrogen and oxygen atoms in total. The summed E-state index contributed by atoms with van der Waals surface area (Å²) in [5, 5.41) is 0. The monoisotopic (exact) mass is 333 g/mol. The van der Waals surface area contributed by atoms with Gasteiger partial charge in [-0.25, -0.2) is 0 Å². The molecule has 0 spiro atoms. The summed E-state index contributed by atoms with van der Waals surface area (Å²) in [6.07, 6.45) is 1.89. The molecule has 0 unspecified atom stereocenters. The van der Waals surface area contributed by atoms with Gasteiger partial charge in [0.1, 0.15) is 0 Å². The normalized spacial score (nSPS) is 14.6. The molecule has 0 atom stereocenters. The van der Waals surface area contributed by atoms with Crippen LogP contribution in [-0.4, -0.2) is 18.3 Å². The zero-order valence-corrected chi connectivity index (χ0v) is 14.4. The van der Waals surface area contributed by atoms with Crippen molar-refractivity contribution in [2.45, 2.75) is 11.5 Å². The topological polar surface area (TPSA) is 12.9 Å². The van der Waals surface area contributed by atoms with Gasteiger partial charge in [0.25, 0.3) is 0 Å². The minimum atomic E-state index is -2.23. The van der Waals surface area contributed by atoms with E-state index in [1.54, 1.807) is 8.79 Å². The third kappa shape index (κ3) is 1.81. The van der Waals surface area contributed by atoms with E-state index in [-0.39, 0.29) is 0 Å². The van der Waals surface area contributed by atoms with Gasteiger partial charge in [0.05, 0.1) is 0 Å². The fourth-order valence-corrected chi connectivity index (χ4v) is 10.8. The number of nitrogens with zero attached hydrogens (tertiary/aromatic N) is 1. The van der Waals surface area contributed by atoms with E-state index in [0.717, 1.165) is 5.69 Å². The second-order valence-electron chi connectivity index (χ2n) is 6.11. The summed E-state index contributed by atoms with van der Waals surface area (Å²) >= 11 is -2.23. The number of benzene rings is 2. The third-order valence-corrected chi connectivity index (χ3v) is 12.0. The molecule has 0 radical (unpaired) electrons. The van der Waals surface area contributed by atoms with Crippen LogP contribution in [0.15, 0.2) is 66.9 Å². The molecule has 0 saturated heterocycles. The predicted molar refractivity (Wildman–Crippen MR) is 91.9 cm³/mol.